The molecule has 8 atom stereocenters. The Hall–Kier alpha value is -1.45. The number of hydrogen-bond donors (Lipinski definition) is 3. The molecule has 3 aliphatic rings. The van der Waals surface area contributed by atoms with Gasteiger partial charge in [-0.05, 0) is 58.5 Å². The molecule has 3 saturated heterocycles. The molecule has 3 heterocycles. The second kappa shape index (κ2) is 10.7. The summed E-state index contributed by atoms with van der Waals surface area (Å²) >= 11 is 0. The van der Waals surface area contributed by atoms with E-state index >= 15 is 0 Å². The van der Waals surface area contributed by atoms with Crippen molar-refractivity contribution in [3.63, 3.8) is 0 Å². The predicted octanol–water partition coefficient (Wildman–Crippen LogP) is 3.72. The number of rotatable bonds is 7. The Kier molecular flexibility index (Phi) is 8.51. The normalized spacial score (nSPS) is 38.8. The fraction of sp³-hybridized carbons (Fsp3) is 0.800. The van der Waals surface area contributed by atoms with Crippen LogP contribution in [0.2, 0.25) is 0 Å². The van der Waals surface area contributed by atoms with Gasteiger partial charge in [-0.2, -0.15) is 13.2 Å². The van der Waals surface area contributed by atoms with Gasteiger partial charge in [-0.1, -0.05) is 32.1 Å². The van der Waals surface area contributed by atoms with E-state index < -0.39 is 29.5 Å². The summed E-state index contributed by atoms with van der Waals surface area (Å²) in [4.78, 5) is 13.6. The molecule has 9 heteroatoms. The smallest absolute Gasteiger partial charge is 0.347 e. The van der Waals surface area contributed by atoms with Crippen LogP contribution in [0.3, 0.4) is 0 Å². The molecule has 3 rings (SSSR count). The van der Waals surface area contributed by atoms with Gasteiger partial charge in [0.25, 0.3) is 0 Å². The Morgan fingerprint density at radius 2 is 2.12 bits per heavy atom. The van der Waals surface area contributed by atoms with Crippen molar-refractivity contribution in [1.82, 2.24) is 20.9 Å². The zero-order valence-corrected chi connectivity index (χ0v) is 20.7. The van der Waals surface area contributed by atoms with E-state index in [1.807, 2.05) is 44.9 Å². The highest BCUT2D eigenvalue weighted by molar-refractivity contribution is 5.79. The molecule has 1 amide bonds. The Balaban J connectivity index is 1.81. The maximum absolute atomic E-state index is 14.7. The number of nitrogens with one attached hydrogen (secondary N) is 3. The van der Waals surface area contributed by atoms with Gasteiger partial charge < -0.3 is 20.9 Å². The topological polar surface area (TPSA) is 56.4 Å². The summed E-state index contributed by atoms with van der Waals surface area (Å²) < 4.78 is 55.8. The van der Waals surface area contributed by atoms with Crippen LogP contribution < -0.4 is 16.0 Å². The van der Waals surface area contributed by atoms with E-state index in [2.05, 4.69) is 22.5 Å². The molecule has 194 valence electrons. The molecule has 0 aliphatic carbocycles. The van der Waals surface area contributed by atoms with E-state index in [1.54, 1.807) is 0 Å². The lowest BCUT2D eigenvalue weighted by atomic mass is 9.70. The van der Waals surface area contributed by atoms with Gasteiger partial charge in [0.15, 0.2) is 0 Å². The molecule has 3 aliphatic heterocycles. The maximum Gasteiger partial charge on any atom is 0.413 e. The number of amides is 1. The number of hydrogen-bond acceptors (Lipinski definition) is 4. The van der Waals surface area contributed by atoms with E-state index in [4.69, 9.17) is 0 Å². The summed E-state index contributed by atoms with van der Waals surface area (Å²) in [6, 6.07) is -1.69. The molecule has 0 aromatic heterocycles. The Morgan fingerprint density at radius 3 is 2.68 bits per heavy atom. The van der Waals surface area contributed by atoms with E-state index in [1.165, 1.54) is 0 Å². The lowest BCUT2D eigenvalue weighted by Crippen LogP contribution is -2.59. The maximum atomic E-state index is 14.7. The van der Waals surface area contributed by atoms with Crippen molar-refractivity contribution in [2.45, 2.75) is 94.9 Å². The quantitative estimate of drug-likeness (QED) is 0.378. The highest BCUT2D eigenvalue weighted by atomic mass is 19.4. The highest BCUT2D eigenvalue weighted by Gasteiger charge is 2.47. The number of nitrogens with zero attached hydrogens (tertiary/aromatic N) is 1. The van der Waals surface area contributed by atoms with E-state index in [0.29, 0.717) is 38.6 Å². The van der Waals surface area contributed by atoms with Crippen LogP contribution in [0.4, 0.5) is 17.6 Å². The van der Waals surface area contributed by atoms with Crippen LogP contribution in [0, 0.1) is 11.8 Å². The first-order chi connectivity index (χ1) is 15.8. The Labute approximate surface area is 200 Å². The molecular weight excluding hydrogens is 448 g/mol. The van der Waals surface area contributed by atoms with Crippen molar-refractivity contribution in [3.05, 3.63) is 24.3 Å². The SMILES string of the molecule is C=C(C1NC(/C=C/C2(C)CCC(=O)N2)CC(C(C)NC2CCN(C)CC2F)C1CC)C(F)(F)F. The number of carbonyl (C=O) groups excluding carboxylic acids is 1. The standard InChI is InChI=1S/C25H40F4N4O/c1-6-18-19(16(3)30-21-9-12-33(5)14-20(21)26)13-17(31-23(18)15(2)25(27,28)29)7-10-24(4)11-8-22(34)32-24/h7,10,16-21,23,30-31H,2,6,8-9,11-14H2,1,3-5H3,(H,32,34)/b10-7+. The Bertz CT molecular complexity index is 773. The average molecular weight is 489 g/mol. The lowest BCUT2D eigenvalue weighted by molar-refractivity contribution is -0.119. The second-order valence-corrected chi connectivity index (χ2v) is 10.7. The molecule has 34 heavy (non-hydrogen) atoms. The minimum absolute atomic E-state index is 0.0206. The Morgan fingerprint density at radius 1 is 1.41 bits per heavy atom. The second-order valence-electron chi connectivity index (χ2n) is 10.7. The van der Waals surface area contributed by atoms with Crippen molar-refractivity contribution >= 4 is 5.91 Å². The van der Waals surface area contributed by atoms with Crippen LogP contribution in [-0.2, 0) is 4.79 Å². The first-order valence-corrected chi connectivity index (χ1v) is 12.4. The summed E-state index contributed by atoms with van der Waals surface area (Å²) in [6.07, 6.45) is 1.23. The molecule has 8 unspecified atom stereocenters. The summed E-state index contributed by atoms with van der Waals surface area (Å²) in [5.74, 6) is -0.400. The zero-order chi connectivity index (χ0) is 25.3. The molecule has 0 aromatic rings. The molecule has 0 saturated carbocycles. The number of alkyl halides is 4. The molecule has 0 spiro atoms. The van der Waals surface area contributed by atoms with Crippen LogP contribution in [0.15, 0.2) is 24.3 Å². The molecule has 0 bridgehead atoms. The molecule has 0 radical (unpaired) electrons. The van der Waals surface area contributed by atoms with Gasteiger partial charge in [0, 0.05) is 42.7 Å². The van der Waals surface area contributed by atoms with Crippen LogP contribution in [0.25, 0.3) is 0 Å². The largest absolute Gasteiger partial charge is 0.413 e. The van der Waals surface area contributed by atoms with Crippen molar-refractivity contribution < 1.29 is 22.4 Å². The van der Waals surface area contributed by atoms with E-state index in [-0.39, 0.29) is 35.9 Å². The number of halogens is 4. The van der Waals surface area contributed by atoms with Gasteiger partial charge in [0.2, 0.25) is 5.91 Å². The fourth-order valence-corrected chi connectivity index (χ4v) is 5.90. The van der Waals surface area contributed by atoms with Crippen LogP contribution in [0.1, 0.15) is 52.9 Å². The first-order valence-electron chi connectivity index (χ1n) is 12.4. The van der Waals surface area contributed by atoms with Crippen molar-refractivity contribution in [3.8, 4) is 0 Å². The monoisotopic (exact) mass is 488 g/mol. The zero-order valence-electron chi connectivity index (χ0n) is 20.7. The van der Waals surface area contributed by atoms with Crippen LogP contribution in [0.5, 0.6) is 0 Å². The number of piperidine rings is 2. The van der Waals surface area contributed by atoms with Crippen LogP contribution >= 0.6 is 0 Å². The first kappa shape index (κ1) is 27.1. The molecule has 3 N–H and O–H groups in total. The van der Waals surface area contributed by atoms with Gasteiger partial charge in [0.1, 0.15) is 6.17 Å². The third-order valence-electron chi connectivity index (χ3n) is 7.97. The predicted molar refractivity (Wildman–Crippen MR) is 126 cm³/mol. The molecule has 3 fully saturated rings. The minimum atomic E-state index is -4.50. The van der Waals surface area contributed by atoms with Gasteiger partial charge in [-0.25, -0.2) is 4.39 Å². The number of likely N-dealkylation sites (tertiary alicyclic amines) is 1. The van der Waals surface area contributed by atoms with Crippen molar-refractivity contribution in [1.29, 1.82) is 0 Å². The van der Waals surface area contributed by atoms with E-state index in [0.717, 1.165) is 6.54 Å². The highest BCUT2D eigenvalue weighted by Crippen LogP contribution is 2.40. The van der Waals surface area contributed by atoms with Gasteiger partial charge in [-0.3, -0.25) is 4.79 Å². The molecule has 0 aromatic carbocycles. The van der Waals surface area contributed by atoms with Gasteiger partial charge in [-0.15, -0.1) is 0 Å². The third-order valence-corrected chi connectivity index (χ3v) is 7.97. The van der Waals surface area contributed by atoms with Crippen molar-refractivity contribution in [2.24, 2.45) is 11.8 Å². The summed E-state index contributed by atoms with van der Waals surface area (Å²) in [7, 11) is 1.89. The molecule has 5 nitrogen and oxygen atoms in total. The third kappa shape index (κ3) is 6.40. The fourth-order valence-electron chi connectivity index (χ4n) is 5.90. The van der Waals surface area contributed by atoms with Gasteiger partial charge in [0.05, 0.1) is 5.54 Å². The van der Waals surface area contributed by atoms with Crippen LogP contribution in [-0.4, -0.2) is 73.0 Å². The molecular formula is C25H40F4N4O. The van der Waals surface area contributed by atoms with E-state index in [9.17, 15) is 22.4 Å². The minimum Gasteiger partial charge on any atom is -0.347 e. The van der Waals surface area contributed by atoms with Crippen molar-refractivity contribution in [2.75, 3.05) is 20.1 Å². The summed E-state index contributed by atoms with van der Waals surface area (Å²) in [6.45, 7) is 10.4. The summed E-state index contributed by atoms with van der Waals surface area (Å²) in [5, 5.41) is 9.56. The lowest BCUT2D eigenvalue weighted by Gasteiger charge is -2.47. The summed E-state index contributed by atoms with van der Waals surface area (Å²) in [5.41, 5.74) is -1.26. The number of carbonyl (C=O) groups is 1. The average Bonchev–Trinajstić information content (AvgIpc) is 3.11. The van der Waals surface area contributed by atoms with Gasteiger partial charge >= 0.3 is 6.18 Å².